The average molecular weight is 301 g/mol. The Morgan fingerprint density at radius 1 is 1.05 bits per heavy atom. The SMILES string of the molecule is CCCCOCCOCCOCCN1CCC(=O)C(C)C1. The number of ketones is 1. The second kappa shape index (κ2) is 12.1. The molecule has 1 heterocycles. The molecule has 1 unspecified atom stereocenters. The first-order valence-corrected chi connectivity index (χ1v) is 8.22. The van der Waals surface area contributed by atoms with Gasteiger partial charge in [0.25, 0.3) is 0 Å². The molecule has 1 rings (SSSR count). The molecule has 1 atom stereocenters. The summed E-state index contributed by atoms with van der Waals surface area (Å²) in [7, 11) is 0. The third-order valence-electron chi connectivity index (χ3n) is 3.69. The Kier molecular flexibility index (Phi) is 10.7. The topological polar surface area (TPSA) is 48.0 Å². The predicted molar refractivity (Wildman–Crippen MR) is 82.6 cm³/mol. The van der Waals surface area contributed by atoms with Crippen molar-refractivity contribution in [1.82, 2.24) is 4.90 Å². The number of ether oxygens (including phenoxy) is 3. The monoisotopic (exact) mass is 301 g/mol. The molecule has 0 aromatic carbocycles. The highest BCUT2D eigenvalue weighted by molar-refractivity contribution is 5.81. The van der Waals surface area contributed by atoms with E-state index in [2.05, 4.69) is 11.8 Å². The minimum atomic E-state index is 0.176. The minimum absolute atomic E-state index is 0.176. The van der Waals surface area contributed by atoms with Crippen LogP contribution >= 0.6 is 0 Å². The van der Waals surface area contributed by atoms with Crippen LogP contribution in [-0.4, -0.2) is 70.0 Å². The van der Waals surface area contributed by atoms with Crippen LogP contribution in [0.4, 0.5) is 0 Å². The molecule has 5 heteroatoms. The molecule has 5 nitrogen and oxygen atoms in total. The normalized spacial score (nSPS) is 20.1. The number of carbonyl (C=O) groups excluding carboxylic acids is 1. The molecule has 21 heavy (non-hydrogen) atoms. The highest BCUT2D eigenvalue weighted by Gasteiger charge is 2.22. The maximum Gasteiger partial charge on any atom is 0.138 e. The Morgan fingerprint density at radius 3 is 2.29 bits per heavy atom. The number of Topliss-reactive ketones (excluding diaryl/α,β-unsaturated/α-hetero) is 1. The Morgan fingerprint density at radius 2 is 1.67 bits per heavy atom. The van der Waals surface area contributed by atoms with E-state index in [0.29, 0.717) is 45.2 Å². The van der Waals surface area contributed by atoms with Crippen LogP contribution in [0.15, 0.2) is 0 Å². The van der Waals surface area contributed by atoms with Crippen molar-refractivity contribution in [2.75, 3.05) is 59.3 Å². The van der Waals surface area contributed by atoms with Crippen LogP contribution in [0.2, 0.25) is 0 Å². The lowest BCUT2D eigenvalue weighted by Crippen LogP contribution is -2.41. The van der Waals surface area contributed by atoms with E-state index in [1.807, 2.05) is 6.92 Å². The molecular formula is C16H31NO4. The standard InChI is InChI=1S/C16H31NO4/c1-3-4-8-19-10-12-21-13-11-20-9-7-17-6-5-16(18)15(2)14-17/h15H,3-14H2,1-2H3. The highest BCUT2D eigenvalue weighted by Crippen LogP contribution is 2.11. The fourth-order valence-electron chi connectivity index (χ4n) is 2.28. The van der Waals surface area contributed by atoms with Crippen molar-refractivity contribution in [3.63, 3.8) is 0 Å². The van der Waals surface area contributed by atoms with Gasteiger partial charge in [-0.05, 0) is 6.42 Å². The fourth-order valence-corrected chi connectivity index (χ4v) is 2.28. The van der Waals surface area contributed by atoms with Gasteiger partial charge in [-0.15, -0.1) is 0 Å². The van der Waals surface area contributed by atoms with E-state index in [-0.39, 0.29) is 5.92 Å². The lowest BCUT2D eigenvalue weighted by Gasteiger charge is -2.29. The maximum atomic E-state index is 11.4. The molecule has 0 aliphatic carbocycles. The van der Waals surface area contributed by atoms with Gasteiger partial charge in [-0.2, -0.15) is 0 Å². The van der Waals surface area contributed by atoms with Gasteiger partial charge in [0.1, 0.15) is 5.78 Å². The van der Waals surface area contributed by atoms with E-state index in [9.17, 15) is 4.79 Å². The lowest BCUT2D eigenvalue weighted by molar-refractivity contribution is -0.125. The van der Waals surface area contributed by atoms with Crippen molar-refractivity contribution < 1.29 is 19.0 Å². The Hall–Kier alpha value is -0.490. The summed E-state index contributed by atoms with van der Waals surface area (Å²) in [6, 6.07) is 0. The van der Waals surface area contributed by atoms with Crippen molar-refractivity contribution in [2.45, 2.75) is 33.1 Å². The van der Waals surface area contributed by atoms with Gasteiger partial charge in [-0.3, -0.25) is 9.69 Å². The summed E-state index contributed by atoms with van der Waals surface area (Å²) in [6.45, 7) is 10.9. The summed E-state index contributed by atoms with van der Waals surface area (Å²) in [4.78, 5) is 13.7. The number of nitrogens with zero attached hydrogens (tertiary/aromatic N) is 1. The highest BCUT2D eigenvalue weighted by atomic mass is 16.5. The van der Waals surface area contributed by atoms with Crippen LogP contribution in [0.5, 0.6) is 0 Å². The molecule has 0 aromatic heterocycles. The van der Waals surface area contributed by atoms with Gasteiger partial charge in [0.15, 0.2) is 0 Å². The maximum absolute atomic E-state index is 11.4. The summed E-state index contributed by atoms with van der Waals surface area (Å²) in [6.07, 6.45) is 2.96. The molecule has 1 fully saturated rings. The molecule has 0 aromatic rings. The van der Waals surface area contributed by atoms with Gasteiger partial charge < -0.3 is 14.2 Å². The molecule has 0 amide bonds. The van der Waals surface area contributed by atoms with Crippen molar-refractivity contribution in [2.24, 2.45) is 5.92 Å². The van der Waals surface area contributed by atoms with Gasteiger partial charge in [-0.25, -0.2) is 0 Å². The average Bonchev–Trinajstić information content (AvgIpc) is 2.48. The molecule has 0 radical (unpaired) electrons. The second-order valence-corrected chi connectivity index (χ2v) is 5.61. The van der Waals surface area contributed by atoms with E-state index in [1.54, 1.807) is 0 Å². The first kappa shape index (κ1) is 18.6. The van der Waals surface area contributed by atoms with Crippen LogP contribution in [0.1, 0.15) is 33.1 Å². The van der Waals surface area contributed by atoms with Crippen molar-refractivity contribution in [3.8, 4) is 0 Å². The number of likely N-dealkylation sites (tertiary alicyclic amines) is 1. The van der Waals surface area contributed by atoms with E-state index in [4.69, 9.17) is 14.2 Å². The van der Waals surface area contributed by atoms with Gasteiger partial charge >= 0.3 is 0 Å². The smallest absolute Gasteiger partial charge is 0.138 e. The van der Waals surface area contributed by atoms with Crippen molar-refractivity contribution in [1.29, 1.82) is 0 Å². The molecule has 0 spiro atoms. The van der Waals surface area contributed by atoms with Gasteiger partial charge in [0, 0.05) is 38.6 Å². The molecule has 0 N–H and O–H groups in total. The first-order chi connectivity index (χ1) is 10.2. The Bertz CT molecular complexity index is 273. The van der Waals surface area contributed by atoms with Gasteiger partial charge in [-0.1, -0.05) is 20.3 Å². The largest absolute Gasteiger partial charge is 0.379 e. The molecule has 1 saturated heterocycles. The second-order valence-electron chi connectivity index (χ2n) is 5.61. The van der Waals surface area contributed by atoms with Crippen molar-refractivity contribution in [3.05, 3.63) is 0 Å². The number of hydrogen-bond acceptors (Lipinski definition) is 5. The number of unbranched alkanes of at least 4 members (excludes halogenated alkanes) is 1. The third kappa shape index (κ3) is 9.19. The van der Waals surface area contributed by atoms with Crippen LogP contribution < -0.4 is 0 Å². The zero-order valence-electron chi connectivity index (χ0n) is 13.6. The summed E-state index contributed by atoms with van der Waals surface area (Å²) in [5.74, 6) is 0.566. The summed E-state index contributed by atoms with van der Waals surface area (Å²) in [5, 5.41) is 0. The van der Waals surface area contributed by atoms with Crippen LogP contribution in [0.25, 0.3) is 0 Å². The predicted octanol–water partition coefficient (Wildman–Crippen LogP) is 1.75. The zero-order valence-corrected chi connectivity index (χ0v) is 13.6. The first-order valence-electron chi connectivity index (χ1n) is 8.22. The van der Waals surface area contributed by atoms with E-state index >= 15 is 0 Å². The number of hydrogen-bond donors (Lipinski definition) is 0. The summed E-state index contributed by atoms with van der Waals surface area (Å²) >= 11 is 0. The van der Waals surface area contributed by atoms with E-state index in [1.165, 1.54) is 6.42 Å². The number of rotatable bonds is 12. The van der Waals surface area contributed by atoms with Crippen LogP contribution in [-0.2, 0) is 19.0 Å². The molecule has 0 bridgehead atoms. The fraction of sp³-hybridized carbons (Fsp3) is 0.938. The van der Waals surface area contributed by atoms with E-state index < -0.39 is 0 Å². The Balaban J connectivity index is 1.81. The third-order valence-corrected chi connectivity index (χ3v) is 3.69. The lowest BCUT2D eigenvalue weighted by atomic mass is 9.99. The number of carbonyl (C=O) groups is 1. The molecular weight excluding hydrogens is 270 g/mol. The molecule has 1 aliphatic rings. The van der Waals surface area contributed by atoms with Crippen LogP contribution in [0.3, 0.4) is 0 Å². The van der Waals surface area contributed by atoms with Crippen LogP contribution in [0, 0.1) is 5.92 Å². The zero-order chi connectivity index (χ0) is 15.3. The summed E-state index contributed by atoms with van der Waals surface area (Å²) in [5.41, 5.74) is 0. The summed E-state index contributed by atoms with van der Waals surface area (Å²) < 4.78 is 16.4. The number of piperidine rings is 1. The molecule has 1 aliphatic heterocycles. The van der Waals surface area contributed by atoms with Crippen molar-refractivity contribution >= 4 is 5.78 Å². The Labute approximate surface area is 128 Å². The van der Waals surface area contributed by atoms with Gasteiger partial charge in [0.05, 0.1) is 33.0 Å². The molecule has 124 valence electrons. The van der Waals surface area contributed by atoms with E-state index in [0.717, 1.165) is 32.7 Å². The van der Waals surface area contributed by atoms with Gasteiger partial charge in [0.2, 0.25) is 0 Å². The quantitative estimate of drug-likeness (QED) is 0.514. The molecule has 0 saturated carbocycles. The minimum Gasteiger partial charge on any atom is -0.379 e.